The Hall–Kier alpha value is -0.580. The van der Waals surface area contributed by atoms with Crippen molar-refractivity contribution < 1.29 is 9.47 Å². The van der Waals surface area contributed by atoms with Crippen LogP contribution in [0.3, 0.4) is 0 Å². The molecule has 94 valence electrons. The van der Waals surface area contributed by atoms with E-state index in [1.54, 1.807) is 0 Å². The van der Waals surface area contributed by atoms with Gasteiger partial charge in [0.1, 0.15) is 11.9 Å². The highest BCUT2D eigenvalue weighted by atomic mass is 79.9. The molecule has 1 saturated heterocycles. The highest BCUT2D eigenvalue weighted by molar-refractivity contribution is 9.10. The fraction of sp³-hybridized carbons (Fsp3) is 0.538. The van der Waals surface area contributed by atoms with Gasteiger partial charge in [0.25, 0.3) is 0 Å². The van der Waals surface area contributed by atoms with Crippen LogP contribution in [-0.2, 0) is 4.74 Å². The van der Waals surface area contributed by atoms with E-state index in [0.29, 0.717) is 0 Å². The Balaban J connectivity index is 2.13. The second-order valence-corrected chi connectivity index (χ2v) is 5.32. The SMILES string of the molecule is C[C@@H](N)c1cc(Br)ccc1OC1CCOCC1. The molecule has 1 aliphatic heterocycles. The topological polar surface area (TPSA) is 44.5 Å². The molecule has 4 heteroatoms. The summed E-state index contributed by atoms with van der Waals surface area (Å²) in [5.74, 6) is 0.898. The molecule has 0 unspecified atom stereocenters. The van der Waals surface area contributed by atoms with Crippen molar-refractivity contribution in [2.45, 2.75) is 31.9 Å². The normalized spacial score (nSPS) is 19.0. The molecule has 0 aromatic heterocycles. The van der Waals surface area contributed by atoms with Gasteiger partial charge in [0.2, 0.25) is 0 Å². The molecule has 0 saturated carbocycles. The van der Waals surface area contributed by atoms with Crippen molar-refractivity contribution in [1.82, 2.24) is 0 Å². The first-order chi connectivity index (χ1) is 8.16. The molecular formula is C13H18BrNO2. The maximum absolute atomic E-state index is 6.02. The molecule has 2 N–H and O–H groups in total. The maximum atomic E-state index is 6.02. The molecule has 0 amide bonds. The Bertz CT molecular complexity index is 376. The third-order valence-corrected chi connectivity index (χ3v) is 3.42. The smallest absolute Gasteiger partial charge is 0.124 e. The van der Waals surface area contributed by atoms with Crippen LogP contribution in [0.15, 0.2) is 22.7 Å². The Labute approximate surface area is 110 Å². The zero-order chi connectivity index (χ0) is 12.3. The van der Waals surface area contributed by atoms with Gasteiger partial charge in [-0.15, -0.1) is 0 Å². The summed E-state index contributed by atoms with van der Waals surface area (Å²) < 4.78 is 12.4. The number of ether oxygens (including phenoxy) is 2. The Morgan fingerprint density at radius 2 is 2.12 bits per heavy atom. The van der Waals surface area contributed by atoms with Gasteiger partial charge in [0.15, 0.2) is 0 Å². The number of nitrogens with two attached hydrogens (primary N) is 1. The summed E-state index contributed by atoms with van der Waals surface area (Å²) in [6, 6.07) is 5.97. The first-order valence-corrected chi connectivity index (χ1v) is 6.75. The van der Waals surface area contributed by atoms with E-state index in [1.165, 1.54) is 0 Å². The quantitative estimate of drug-likeness (QED) is 0.933. The summed E-state index contributed by atoms with van der Waals surface area (Å²) in [5.41, 5.74) is 7.01. The van der Waals surface area contributed by atoms with E-state index in [0.717, 1.165) is 41.8 Å². The van der Waals surface area contributed by atoms with Crippen molar-refractivity contribution in [2.75, 3.05) is 13.2 Å². The van der Waals surface area contributed by atoms with Crippen molar-refractivity contribution in [2.24, 2.45) is 5.73 Å². The lowest BCUT2D eigenvalue weighted by atomic mass is 10.1. The van der Waals surface area contributed by atoms with Crippen molar-refractivity contribution in [3.63, 3.8) is 0 Å². The van der Waals surface area contributed by atoms with Crippen LogP contribution in [0.5, 0.6) is 5.75 Å². The maximum Gasteiger partial charge on any atom is 0.124 e. The molecule has 2 rings (SSSR count). The van der Waals surface area contributed by atoms with Crippen LogP contribution >= 0.6 is 15.9 Å². The van der Waals surface area contributed by atoms with Gasteiger partial charge in [-0.2, -0.15) is 0 Å². The summed E-state index contributed by atoms with van der Waals surface area (Å²) >= 11 is 3.46. The fourth-order valence-electron chi connectivity index (χ4n) is 1.96. The van der Waals surface area contributed by atoms with E-state index >= 15 is 0 Å². The van der Waals surface area contributed by atoms with Crippen molar-refractivity contribution in [3.8, 4) is 5.75 Å². The molecule has 0 aliphatic carbocycles. The zero-order valence-corrected chi connectivity index (χ0v) is 11.6. The predicted molar refractivity (Wildman–Crippen MR) is 71.2 cm³/mol. The second kappa shape index (κ2) is 5.85. The highest BCUT2D eigenvalue weighted by Gasteiger charge is 2.17. The second-order valence-electron chi connectivity index (χ2n) is 4.40. The Kier molecular flexibility index (Phi) is 4.42. The minimum absolute atomic E-state index is 0.0256. The van der Waals surface area contributed by atoms with E-state index in [4.69, 9.17) is 15.2 Å². The molecule has 1 heterocycles. The molecule has 1 atom stereocenters. The lowest BCUT2D eigenvalue weighted by Crippen LogP contribution is -2.26. The van der Waals surface area contributed by atoms with Gasteiger partial charge in [-0.25, -0.2) is 0 Å². The van der Waals surface area contributed by atoms with Gasteiger partial charge in [-0.1, -0.05) is 15.9 Å². The summed E-state index contributed by atoms with van der Waals surface area (Å²) in [7, 11) is 0. The molecule has 17 heavy (non-hydrogen) atoms. The van der Waals surface area contributed by atoms with Crippen molar-refractivity contribution in [3.05, 3.63) is 28.2 Å². The van der Waals surface area contributed by atoms with Crippen LogP contribution in [0.2, 0.25) is 0 Å². The van der Waals surface area contributed by atoms with Gasteiger partial charge in [-0.3, -0.25) is 0 Å². The molecule has 1 aliphatic rings. The number of hydrogen-bond donors (Lipinski definition) is 1. The van der Waals surface area contributed by atoms with Crippen LogP contribution in [-0.4, -0.2) is 19.3 Å². The average molecular weight is 300 g/mol. The average Bonchev–Trinajstić information content (AvgIpc) is 2.32. The summed E-state index contributed by atoms with van der Waals surface area (Å²) in [6.07, 6.45) is 2.16. The van der Waals surface area contributed by atoms with Crippen molar-refractivity contribution >= 4 is 15.9 Å². The molecule has 1 fully saturated rings. The van der Waals surface area contributed by atoms with Crippen LogP contribution in [0.1, 0.15) is 31.4 Å². The molecule has 0 spiro atoms. The molecule has 1 aromatic rings. The highest BCUT2D eigenvalue weighted by Crippen LogP contribution is 2.29. The number of rotatable bonds is 3. The van der Waals surface area contributed by atoms with E-state index in [1.807, 2.05) is 25.1 Å². The monoisotopic (exact) mass is 299 g/mol. The van der Waals surface area contributed by atoms with Crippen LogP contribution < -0.4 is 10.5 Å². The Morgan fingerprint density at radius 1 is 1.41 bits per heavy atom. The number of benzene rings is 1. The largest absolute Gasteiger partial charge is 0.490 e. The molecule has 0 bridgehead atoms. The van der Waals surface area contributed by atoms with E-state index in [9.17, 15) is 0 Å². The first-order valence-electron chi connectivity index (χ1n) is 5.96. The third-order valence-electron chi connectivity index (χ3n) is 2.92. The predicted octanol–water partition coefficient (Wildman–Crippen LogP) is 3.03. The van der Waals surface area contributed by atoms with Gasteiger partial charge in [0.05, 0.1) is 13.2 Å². The first kappa shape index (κ1) is 12.9. The fourth-order valence-corrected chi connectivity index (χ4v) is 2.33. The lowest BCUT2D eigenvalue weighted by Gasteiger charge is -2.25. The number of hydrogen-bond acceptors (Lipinski definition) is 3. The molecule has 0 radical (unpaired) electrons. The van der Waals surface area contributed by atoms with Gasteiger partial charge >= 0.3 is 0 Å². The zero-order valence-electron chi connectivity index (χ0n) is 9.99. The minimum atomic E-state index is -0.0256. The van der Waals surface area contributed by atoms with Crippen LogP contribution in [0.25, 0.3) is 0 Å². The van der Waals surface area contributed by atoms with Crippen LogP contribution in [0.4, 0.5) is 0 Å². The Morgan fingerprint density at radius 3 is 2.76 bits per heavy atom. The van der Waals surface area contributed by atoms with Gasteiger partial charge in [0, 0.05) is 28.9 Å². The summed E-state index contributed by atoms with van der Waals surface area (Å²) in [6.45, 7) is 3.54. The molecule has 1 aromatic carbocycles. The van der Waals surface area contributed by atoms with E-state index in [-0.39, 0.29) is 12.1 Å². The van der Waals surface area contributed by atoms with Gasteiger partial charge in [-0.05, 0) is 25.1 Å². The number of halogens is 1. The molecular weight excluding hydrogens is 282 g/mol. The standard InChI is InChI=1S/C13H18BrNO2/c1-9(15)12-8-10(14)2-3-13(12)17-11-4-6-16-7-5-11/h2-3,8-9,11H,4-7,15H2,1H3/t9-/m1/s1. The van der Waals surface area contributed by atoms with Gasteiger partial charge < -0.3 is 15.2 Å². The molecule has 3 nitrogen and oxygen atoms in total. The summed E-state index contributed by atoms with van der Waals surface area (Å²) in [4.78, 5) is 0. The third kappa shape index (κ3) is 3.44. The van der Waals surface area contributed by atoms with E-state index in [2.05, 4.69) is 15.9 Å². The van der Waals surface area contributed by atoms with E-state index < -0.39 is 0 Å². The van der Waals surface area contributed by atoms with Crippen molar-refractivity contribution in [1.29, 1.82) is 0 Å². The van der Waals surface area contributed by atoms with Crippen LogP contribution in [0, 0.1) is 0 Å². The minimum Gasteiger partial charge on any atom is -0.490 e. The summed E-state index contributed by atoms with van der Waals surface area (Å²) in [5, 5.41) is 0. The lowest BCUT2D eigenvalue weighted by molar-refractivity contribution is 0.0251.